The average molecular weight is 342 g/mol. The molecule has 6 nitrogen and oxygen atoms in total. The van der Waals surface area contributed by atoms with Crippen molar-refractivity contribution in [3.05, 3.63) is 59.9 Å². The summed E-state index contributed by atoms with van der Waals surface area (Å²) < 4.78 is 5.32. The van der Waals surface area contributed by atoms with Crippen LogP contribution >= 0.6 is 11.6 Å². The molecule has 0 amide bonds. The van der Waals surface area contributed by atoms with Crippen LogP contribution in [0.15, 0.2) is 54.9 Å². The molecule has 122 valence electrons. The van der Waals surface area contributed by atoms with Gasteiger partial charge in [0.2, 0.25) is 0 Å². The van der Waals surface area contributed by atoms with Crippen LogP contribution < -0.4 is 21.1 Å². The van der Waals surface area contributed by atoms with Crippen LogP contribution in [0.1, 0.15) is 0 Å². The molecule has 3 aromatic rings. The Hall–Kier alpha value is -2.99. The van der Waals surface area contributed by atoms with Gasteiger partial charge in [-0.05, 0) is 24.3 Å². The number of ether oxygens (including phenoxy) is 1. The van der Waals surface area contributed by atoms with E-state index in [0.717, 1.165) is 5.69 Å². The van der Waals surface area contributed by atoms with Gasteiger partial charge >= 0.3 is 0 Å². The highest BCUT2D eigenvalue weighted by Gasteiger charge is 2.11. The largest absolute Gasteiger partial charge is 0.495 e. The molecule has 1 aromatic heterocycles. The predicted octanol–water partition coefficient (Wildman–Crippen LogP) is 4.21. The molecule has 7 heteroatoms. The lowest BCUT2D eigenvalue weighted by molar-refractivity contribution is 0.417. The molecule has 0 saturated heterocycles. The van der Waals surface area contributed by atoms with Crippen LogP contribution in [0.4, 0.5) is 28.7 Å². The van der Waals surface area contributed by atoms with Gasteiger partial charge in [0.05, 0.1) is 23.5 Å². The smallest absolute Gasteiger partial charge is 0.159 e. The zero-order chi connectivity index (χ0) is 16.9. The number of rotatable bonds is 5. The Morgan fingerprint density at radius 2 is 1.50 bits per heavy atom. The molecule has 0 aliphatic heterocycles. The normalized spacial score (nSPS) is 10.2. The van der Waals surface area contributed by atoms with Crippen LogP contribution in [-0.2, 0) is 0 Å². The minimum Gasteiger partial charge on any atom is -0.495 e. The fourth-order valence-corrected chi connectivity index (χ4v) is 2.34. The number of hydrogen-bond acceptors (Lipinski definition) is 6. The SMILES string of the molecule is COc1ccccc1Nc1ncnc(Nc2ccccc2Cl)c1N. The first-order chi connectivity index (χ1) is 11.7. The highest BCUT2D eigenvalue weighted by atomic mass is 35.5. The van der Waals surface area contributed by atoms with Gasteiger partial charge in [0.1, 0.15) is 17.8 Å². The van der Waals surface area contributed by atoms with Gasteiger partial charge in [0, 0.05) is 0 Å². The van der Waals surface area contributed by atoms with Crippen molar-refractivity contribution in [1.29, 1.82) is 0 Å². The van der Waals surface area contributed by atoms with Gasteiger partial charge in [0.25, 0.3) is 0 Å². The van der Waals surface area contributed by atoms with Crippen molar-refractivity contribution in [3.8, 4) is 5.75 Å². The maximum atomic E-state index is 6.19. The first kappa shape index (κ1) is 15.9. The highest BCUT2D eigenvalue weighted by Crippen LogP contribution is 2.33. The molecule has 0 aliphatic rings. The van der Waals surface area contributed by atoms with Crippen molar-refractivity contribution < 1.29 is 4.74 Å². The zero-order valence-electron chi connectivity index (χ0n) is 13.0. The summed E-state index contributed by atoms with van der Waals surface area (Å²) in [6.07, 6.45) is 1.42. The summed E-state index contributed by atoms with van der Waals surface area (Å²) in [5, 5.41) is 6.85. The lowest BCUT2D eigenvalue weighted by Crippen LogP contribution is -2.06. The molecule has 0 atom stereocenters. The molecule has 4 N–H and O–H groups in total. The van der Waals surface area contributed by atoms with E-state index in [4.69, 9.17) is 22.1 Å². The molecule has 2 aromatic carbocycles. The van der Waals surface area contributed by atoms with E-state index in [0.29, 0.717) is 33.8 Å². The van der Waals surface area contributed by atoms with E-state index in [2.05, 4.69) is 20.6 Å². The van der Waals surface area contributed by atoms with Gasteiger partial charge in [-0.25, -0.2) is 9.97 Å². The first-order valence-electron chi connectivity index (χ1n) is 7.21. The van der Waals surface area contributed by atoms with E-state index < -0.39 is 0 Å². The van der Waals surface area contributed by atoms with Crippen molar-refractivity contribution >= 4 is 40.3 Å². The number of halogens is 1. The van der Waals surface area contributed by atoms with Gasteiger partial charge < -0.3 is 21.1 Å². The van der Waals surface area contributed by atoms with Crippen LogP contribution in [0.2, 0.25) is 5.02 Å². The van der Waals surface area contributed by atoms with Crippen LogP contribution in [0.3, 0.4) is 0 Å². The second kappa shape index (κ2) is 7.06. The first-order valence-corrected chi connectivity index (χ1v) is 7.59. The molecule has 3 rings (SSSR count). The van der Waals surface area contributed by atoms with Gasteiger partial charge in [-0.15, -0.1) is 0 Å². The Kier molecular flexibility index (Phi) is 4.67. The molecule has 0 unspecified atom stereocenters. The lowest BCUT2D eigenvalue weighted by atomic mass is 10.3. The summed E-state index contributed by atoms with van der Waals surface area (Å²) in [5.74, 6) is 1.63. The number of anilines is 5. The molecule has 0 radical (unpaired) electrons. The zero-order valence-corrected chi connectivity index (χ0v) is 13.7. The van der Waals surface area contributed by atoms with Gasteiger partial charge in [-0.1, -0.05) is 35.9 Å². The fraction of sp³-hybridized carbons (Fsp3) is 0.0588. The van der Waals surface area contributed by atoms with Gasteiger partial charge in [0.15, 0.2) is 11.6 Å². The molecule has 1 heterocycles. The van der Waals surface area contributed by atoms with Crippen molar-refractivity contribution in [2.24, 2.45) is 0 Å². The molecule has 0 saturated carbocycles. The minimum absolute atomic E-state index is 0.378. The molecular formula is C17H16ClN5O. The number of nitrogens with one attached hydrogen (secondary N) is 2. The van der Waals surface area contributed by atoms with E-state index in [1.807, 2.05) is 42.5 Å². The quantitative estimate of drug-likeness (QED) is 0.644. The molecular weight excluding hydrogens is 326 g/mol. The van der Waals surface area contributed by atoms with Gasteiger partial charge in [-0.2, -0.15) is 0 Å². The standard InChI is InChI=1S/C17H16ClN5O/c1-24-14-9-5-4-8-13(14)23-17-15(19)16(20-10-21-17)22-12-7-3-2-6-11(12)18/h2-10H,19H2,1H3,(H2,20,21,22,23). The number of nitrogens with two attached hydrogens (primary N) is 1. The average Bonchev–Trinajstić information content (AvgIpc) is 2.61. The monoisotopic (exact) mass is 341 g/mol. The molecule has 0 spiro atoms. The Morgan fingerprint density at radius 3 is 2.17 bits per heavy atom. The summed E-state index contributed by atoms with van der Waals surface area (Å²) in [5.41, 5.74) is 8.04. The number of nitrogens with zero attached hydrogens (tertiary/aromatic N) is 2. The van der Waals surface area contributed by atoms with E-state index in [-0.39, 0.29) is 0 Å². The summed E-state index contributed by atoms with van der Waals surface area (Å²) in [7, 11) is 1.61. The Morgan fingerprint density at radius 1 is 0.917 bits per heavy atom. The van der Waals surface area contributed by atoms with Crippen molar-refractivity contribution in [3.63, 3.8) is 0 Å². The fourth-order valence-electron chi connectivity index (χ4n) is 2.16. The third kappa shape index (κ3) is 3.33. The van der Waals surface area contributed by atoms with Crippen LogP contribution in [0.5, 0.6) is 5.75 Å². The molecule has 24 heavy (non-hydrogen) atoms. The third-order valence-corrected chi connectivity index (χ3v) is 3.70. The van der Waals surface area contributed by atoms with E-state index in [9.17, 15) is 0 Å². The molecule has 0 aliphatic carbocycles. The van der Waals surface area contributed by atoms with E-state index >= 15 is 0 Å². The van der Waals surface area contributed by atoms with Gasteiger partial charge in [-0.3, -0.25) is 0 Å². The minimum atomic E-state index is 0.378. The Bertz CT molecular complexity index is 856. The second-order valence-corrected chi connectivity index (χ2v) is 5.32. The number of para-hydroxylation sites is 3. The Labute approximate surface area is 144 Å². The van der Waals surface area contributed by atoms with Crippen LogP contribution in [0, 0.1) is 0 Å². The lowest BCUT2D eigenvalue weighted by Gasteiger charge is -2.14. The highest BCUT2D eigenvalue weighted by molar-refractivity contribution is 6.33. The topological polar surface area (TPSA) is 85.1 Å². The number of methoxy groups -OCH3 is 1. The predicted molar refractivity (Wildman–Crippen MR) is 97.5 cm³/mol. The molecule has 0 bridgehead atoms. The van der Waals surface area contributed by atoms with Crippen molar-refractivity contribution in [2.75, 3.05) is 23.5 Å². The van der Waals surface area contributed by atoms with Crippen LogP contribution in [-0.4, -0.2) is 17.1 Å². The summed E-state index contributed by atoms with van der Waals surface area (Å²) in [6, 6.07) is 14.9. The maximum absolute atomic E-state index is 6.19. The number of benzene rings is 2. The van der Waals surface area contributed by atoms with E-state index in [1.165, 1.54) is 6.33 Å². The second-order valence-electron chi connectivity index (χ2n) is 4.91. The summed E-state index contributed by atoms with van der Waals surface area (Å²) in [4.78, 5) is 8.38. The number of hydrogen-bond donors (Lipinski definition) is 3. The van der Waals surface area contributed by atoms with Crippen molar-refractivity contribution in [2.45, 2.75) is 0 Å². The van der Waals surface area contributed by atoms with Crippen LogP contribution in [0.25, 0.3) is 0 Å². The molecule has 0 fully saturated rings. The van der Waals surface area contributed by atoms with E-state index in [1.54, 1.807) is 13.2 Å². The third-order valence-electron chi connectivity index (χ3n) is 3.37. The number of nitrogen functional groups attached to an aromatic ring is 1. The maximum Gasteiger partial charge on any atom is 0.159 e. The van der Waals surface area contributed by atoms with Crippen molar-refractivity contribution in [1.82, 2.24) is 9.97 Å². The number of aromatic nitrogens is 2. The summed E-state index contributed by atoms with van der Waals surface area (Å²) >= 11 is 6.16. The summed E-state index contributed by atoms with van der Waals surface area (Å²) in [6.45, 7) is 0. The Balaban J connectivity index is 1.90.